The number of ketones is 1. The smallest absolute Gasteiger partial charge is 0.340 e. The lowest BCUT2D eigenvalue weighted by molar-refractivity contribution is -0.117. The zero-order chi connectivity index (χ0) is 20.1. The summed E-state index contributed by atoms with van der Waals surface area (Å²) in [5.41, 5.74) is 2.67. The Bertz CT molecular complexity index is 850. The zero-order valence-corrected chi connectivity index (χ0v) is 15.9. The number of rotatable bonds is 7. The highest BCUT2D eigenvalue weighted by molar-refractivity contribution is 6.43. The van der Waals surface area contributed by atoms with Crippen molar-refractivity contribution in [3.63, 3.8) is 0 Å². The first kappa shape index (κ1) is 20.4. The van der Waals surface area contributed by atoms with E-state index in [9.17, 15) is 19.5 Å². The Balaban J connectivity index is 2.55. The molecular weight excluding hydrogens is 348 g/mol. The van der Waals surface area contributed by atoms with E-state index in [1.807, 2.05) is 19.1 Å². The van der Waals surface area contributed by atoms with Crippen molar-refractivity contribution in [3.05, 3.63) is 46.8 Å². The molecule has 0 saturated carbocycles. The SMILES string of the molecule is CCOC(=O)c1c(C)[nH]c(C(=O)C(=O)NC[C@@H](C)O)c1-c1ccc(C)cc1. The average molecular weight is 372 g/mol. The van der Waals surface area contributed by atoms with Crippen LogP contribution in [0, 0.1) is 13.8 Å². The van der Waals surface area contributed by atoms with E-state index in [1.54, 1.807) is 26.0 Å². The molecule has 0 saturated heterocycles. The molecular formula is C20H24N2O5. The maximum atomic E-state index is 12.7. The Morgan fingerprint density at radius 1 is 1.19 bits per heavy atom. The number of nitrogens with one attached hydrogen (secondary N) is 2. The molecule has 1 heterocycles. The summed E-state index contributed by atoms with van der Waals surface area (Å²) in [5.74, 6) is -2.24. The molecule has 7 nitrogen and oxygen atoms in total. The Kier molecular flexibility index (Phi) is 6.52. The van der Waals surface area contributed by atoms with Gasteiger partial charge in [0.05, 0.1) is 18.3 Å². The normalized spacial score (nSPS) is 11.7. The zero-order valence-electron chi connectivity index (χ0n) is 15.9. The van der Waals surface area contributed by atoms with Crippen molar-refractivity contribution in [3.8, 4) is 11.1 Å². The van der Waals surface area contributed by atoms with E-state index in [4.69, 9.17) is 4.74 Å². The molecule has 0 aliphatic carbocycles. The average Bonchev–Trinajstić information content (AvgIpc) is 2.97. The van der Waals surface area contributed by atoms with Crippen molar-refractivity contribution in [2.45, 2.75) is 33.8 Å². The Morgan fingerprint density at radius 2 is 1.81 bits per heavy atom. The van der Waals surface area contributed by atoms with Crippen LogP contribution in [0.1, 0.15) is 46.0 Å². The second kappa shape index (κ2) is 8.64. The highest BCUT2D eigenvalue weighted by Gasteiger charge is 2.29. The van der Waals surface area contributed by atoms with Gasteiger partial charge in [0.25, 0.3) is 11.7 Å². The molecule has 0 bridgehead atoms. The van der Waals surface area contributed by atoms with Gasteiger partial charge in [-0.3, -0.25) is 9.59 Å². The second-order valence-electron chi connectivity index (χ2n) is 6.35. The minimum absolute atomic E-state index is 0.0162. The summed E-state index contributed by atoms with van der Waals surface area (Å²) in [4.78, 5) is 40.2. The van der Waals surface area contributed by atoms with E-state index < -0.39 is 23.8 Å². The van der Waals surface area contributed by atoms with Crippen LogP contribution in [0.15, 0.2) is 24.3 Å². The van der Waals surface area contributed by atoms with E-state index in [0.717, 1.165) is 5.56 Å². The monoisotopic (exact) mass is 372 g/mol. The molecule has 7 heteroatoms. The summed E-state index contributed by atoms with van der Waals surface area (Å²) in [5, 5.41) is 11.7. The first-order chi connectivity index (χ1) is 12.8. The standard InChI is InChI=1S/C20H24N2O5/c1-5-27-20(26)15-13(4)22-17(18(24)19(25)21-10-12(3)23)16(15)14-8-6-11(2)7-9-14/h6-9,12,22-23H,5,10H2,1-4H3,(H,21,25)/t12-/m1/s1. The van der Waals surface area contributed by atoms with Crippen molar-refractivity contribution in [1.82, 2.24) is 10.3 Å². The summed E-state index contributed by atoms with van der Waals surface area (Å²) in [6.07, 6.45) is -0.779. The fourth-order valence-corrected chi connectivity index (χ4v) is 2.70. The number of ether oxygens (including phenoxy) is 1. The minimum Gasteiger partial charge on any atom is -0.462 e. The van der Waals surface area contributed by atoms with Crippen LogP contribution < -0.4 is 5.32 Å². The Hall–Kier alpha value is -2.93. The molecule has 3 N–H and O–H groups in total. The summed E-state index contributed by atoms with van der Waals surface area (Å²) in [6.45, 7) is 6.91. The predicted molar refractivity (Wildman–Crippen MR) is 101 cm³/mol. The van der Waals surface area contributed by atoms with E-state index in [2.05, 4.69) is 10.3 Å². The number of aryl methyl sites for hydroxylation is 2. The van der Waals surface area contributed by atoms with Crippen LogP contribution in [-0.2, 0) is 9.53 Å². The number of aliphatic hydroxyl groups is 1. The third-order valence-electron chi connectivity index (χ3n) is 4.00. The van der Waals surface area contributed by atoms with Crippen molar-refractivity contribution < 1.29 is 24.2 Å². The van der Waals surface area contributed by atoms with E-state index in [-0.39, 0.29) is 24.4 Å². The number of carbonyl (C=O) groups is 3. The van der Waals surface area contributed by atoms with Crippen LogP contribution in [0.4, 0.5) is 0 Å². The quantitative estimate of drug-likeness (QED) is 0.392. The van der Waals surface area contributed by atoms with Crippen LogP contribution in [0.2, 0.25) is 0 Å². The summed E-state index contributed by atoms with van der Waals surface area (Å²) in [6, 6.07) is 7.28. The lowest BCUT2D eigenvalue weighted by Crippen LogP contribution is -2.36. The first-order valence-electron chi connectivity index (χ1n) is 8.73. The largest absolute Gasteiger partial charge is 0.462 e. The molecule has 1 aromatic carbocycles. The summed E-state index contributed by atoms with van der Waals surface area (Å²) >= 11 is 0. The van der Waals surface area contributed by atoms with Gasteiger partial charge in [-0.05, 0) is 33.3 Å². The van der Waals surface area contributed by atoms with E-state index in [0.29, 0.717) is 16.8 Å². The lowest BCUT2D eigenvalue weighted by Gasteiger charge is -2.09. The van der Waals surface area contributed by atoms with Crippen molar-refractivity contribution in [1.29, 1.82) is 0 Å². The van der Waals surface area contributed by atoms with Gasteiger partial charge in [-0.2, -0.15) is 0 Å². The number of hydrogen-bond acceptors (Lipinski definition) is 5. The fourth-order valence-electron chi connectivity index (χ4n) is 2.70. The van der Waals surface area contributed by atoms with Gasteiger partial charge in [0.15, 0.2) is 0 Å². The number of esters is 1. The molecule has 1 aromatic heterocycles. The fraction of sp³-hybridized carbons (Fsp3) is 0.350. The Labute approximate surface area is 157 Å². The summed E-state index contributed by atoms with van der Waals surface area (Å²) in [7, 11) is 0. The molecule has 27 heavy (non-hydrogen) atoms. The number of aromatic amines is 1. The van der Waals surface area contributed by atoms with Crippen LogP contribution in [0.25, 0.3) is 11.1 Å². The number of hydrogen-bond donors (Lipinski definition) is 3. The van der Waals surface area contributed by atoms with Gasteiger partial charge in [-0.1, -0.05) is 29.8 Å². The van der Waals surface area contributed by atoms with Gasteiger partial charge in [-0.25, -0.2) is 4.79 Å². The molecule has 0 unspecified atom stereocenters. The van der Waals surface area contributed by atoms with Gasteiger partial charge in [0.1, 0.15) is 5.69 Å². The molecule has 2 rings (SSSR count). The van der Waals surface area contributed by atoms with Gasteiger partial charge >= 0.3 is 5.97 Å². The molecule has 1 amide bonds. The highest BCUT2D eigenvalue weighted by atomic mass is 16.5. The van der Waals surface area contributed by atoms with E-state index in [1.165, 1.54) is 6.92 Å². The number of aliphatic hydroxyl groups excluding tert-OH is 1. The van der Waals surface area contributed by atoms with Gasteiger partial charge in [0.2, 0.25) is 0 Å². The van der Waals surface area contributed by atoms with Crippen LogP contribution in [0.5, 0.6) is 0 Å². The van der Waals surface area contributed by atoms with Gasteiger partial charge in [-0.15, -0.1) is 0 Å². The molecule has 0 fully saturated rings. The number of Topliss-reactive ketones (excluding diaryl/α,β-unsaturated/α-hetero) is 1. The topological polar surface area (TPSA) is 108 Å². The maximum Gasteiger partial charge on any atom is 0.340 e. The van der Waals surface area contributed by atoms with Gasteiger partial charge in [0, 0.05) is 17.8 Å². The molecule has 0 radical (unpaired) electrons. The van der Waals surface area contributed by atoms with Crippen molar-refractivity contribution in [2.24, 2.45) is 0 Å². The van der Waals surface area contributed by atoms with Crippen molar-refractivity contribution >= 4 is 17.7 Å². The minimum atomic E-state index is -0.860. The highest BCUT2D eigenvalue weighted by Crippen LogP contribution is 2.31. The van der Waals surface area contributed by atoms with Crippen LogP contribution in [-0.4, -0.2) is 47.0 Å². The third-order valence-corrected chi connectivity index (χ3v) is 4.00. The van der Waals surface area contributed by atoms with Crippen LogP contribution >= 0.6 is 0 Å². The first-order valence-corrected chi connectivity index (χ1v) is 8.73. The summed E-state index contributed by atoms with van der Waals surface area (Å²) < 4.78 is 5.12. The molecule has 0 spiro atoms. The second-order valence-corrected chi connectivity index (χ2v) is 6.35. The predicted octanol–water partition coefficient (Wildman–Crippen LogP) is 2.15. The molecule has 0 aliphatic rings. The van der Waals surface area contributed by atoms with Gasteiger partial charge < -0.3 is 20.1 Å². The number of benzene rings is 1. The molecule has 0 aliphatic heterocycles. The molecule has 2 aromatic rings. The number of H-pyrrole nitrogens is 1. The van der Waals surface area contributed by atoms with Crippen molar-refractivity contribution in [2.75, 3.05) is 13.2 Å². The molecule has 1 atom stereocenters. The Morgan fingerprint density at radius 3 is 2.37 bits per heavy atom. The number of amides is 1. The third kappa shape index (κ3) is 4.62. The lowest BCUT2D eigenvalue weighted by atomic mass is 9.97. The number of carbonyl (C=O) groups excluding carboxylic acids is 3. The van der Waals surface area contributed by atoms with Crippen LogP contribution in [0.3, 0.4) is 0 Å². The maximum absolute atomic E-state index is 12.7. The van der Waals surface area contributed by atoms with E-state index >= 15 is 0 Å². The molecule has 144 valence electrons. The number of aromatic nitrogens is 1.